The Morgan fingerprint density at radius 2 is 1.69 bits per heavy atom. The maximum atomic E-state index is 4.75. The summed E-state index contributed by atoms with van der Waals surface area (Å²) in [5, 5.41) is 3.46. The minimum atomic E-state index is -0.0279. The number of imidazole rings is 1. The fraction of sp³-hybridized carbons (Fsp3) is 0.474. The van der Waals surface area contributed by atoms with E-state index in [-0.39, 0.29) is 12.0 Å². The van der Waals surface area contributed by atoms with Crippen LogP contribution < -0.4 is 10.2 Å². The molecular weight excluding hydrogens is 326 g/mol. The van der Waals surface area contributed by atoms with Crippen molar-refractivity contribution in [1.82, 2.24) is 24.9 Å². The standard InChI is InChI=1S/C19H27N7/c1-11(2)15(17-20-13-9-7-8-10-14(13)21-17)22-18-23-16(12(3)4)24-19(25-18)26(5)6/h7-12,15H,1-6H3,(H,20,21)(H,22,23,24,25)/t15-/m0/s1. The average Bonchev–Trinajstić information content (AvgIpc) is 3.02. The predicted molar refractivity (Wildman–Crippen MR) is 106 cm³/mol. The van der Waals surface area contributed by atoms with E-state index in [0.29, 0.717) is 17.8 Å². The molecule has 2 N–H and O–H groups in total. The number of aromatic amines is 1. The molecule has 0 aliphatic rings. The van der Waals surface area contributed by atoms with Crippen LogP contribution in [0.4, 0.5) is 11.9 Å². The molecule has 1 aromatic carbocycles. The normalized spacial score (nSPS) is 12.8. The summed E-state index contributed by atoms with van der Waals surface area (Å²) in [5.41, 5.74) is 1.99. The first-order chi connectivity index (χ1) is 12.3. The third-order valence-electron chi connectivity index (χ3n) is 4.21. The van der Waals surface area contributed by atoms with E-state index in [1.54, 1.807) is 0 Å². The Bertz CT molecular complexity index is 823. The maximum Gasteiger partial charge on any atom is 0.229 e. The van der Waals surface area contributed by atoms with Gasteiger partial charge < -0.3 is 15.2 Å². The van der Waals surface area contributed by atoms with Gasteiger partial charge in [0.15, 0.2) is 0 Å². The second-order valence-electron chi connectivity index (χ2n) is 7.37. The van der Waals surface area contributed by atoms with E-state index in [2.05, 4.69) is 52.9 Å². The summed E-state index contributed by atoms with van der Waals surface area (Å²) >= 11 is 0. The highest BCUT2D eigenvalue weighted by atomic mass is 15.3. The number of hydrogen-bond acceptors (Lipinski definition) is 6. The molecular formula is C19H27N7. The summed E-state index contributed by atoms with van der Waals surface area (Å²) in [7, 11) is 3.87. The maximum absolute atomic E-state index is 4.75. The molecule has 7 heteroatoms. The van der Waals surface area contributed by atoms with E-state index in [9.17, 15) is 0 Å². The minimum absolute atomic E-state index is 0.0279. The number of nitrogens with one attached hydrogen (secondary N) is 2. The van der Waals surface area contributed by atoms with Crippen LogP contribution in [0.5, 0.6) is 0 Å². The number of benzene rings is 1. The average molecular weight is 353 g/mol. The van der Waals surface area contributed by atoms with Crippen LogP contribution >= 0.6 is 0 Å². The van der Waals surface area contributed by atoms with Gasteiger partial charge in [0.05, 0.1) is 17.1 Å². The van der Waals surface area contributed by atoms with Crippen molar-refractivity contribution in [2.75, 3.05) is 24.3 Å². The van der Waals surface area contributed by atoms with Gasteiger partial charge in [-0.1, -0.05) is 39.8 Å². The Kier molecular flexibility index (Phi) is 5.06. The van der Waals surface area contributed by atoms with E-state index >= 15 is 0 Å². The summed E-state index contributed by atoms with van der Waals surface area (Å²) in [6, 6.07) is 8.02. The Hall–Kier alpha value is -2.70. The van der Waals surface area contributed by atoms with Crippen LogP contribution in [-0.4, -0.2) is 39.0 Å². The van der Waals surface area contributed by atoms with Crippen molar-refractivity contribution >= 4 is 22.9 Å². The third-order valence-corrected chi connectivity index (χ3v) is 4.21. The molecule has 3 aromatic rings. The number of fused-ring (bicyclic) bond motifs is 1. The molecule has 2 heterocycles. The summed E-state index contributed by atoms with van der Waals surface area (Å²) in [4.78, 5) is 23.8. The summed E-state index contributed by atoms with van der Waals surface area (Å²) in [5.74, 6) is 3.42. The molecule has 0 radical (unpaired) electrons. The predicted octanol–water partition coefficient (Wildman–Crippen LogP) is 3.75. The second-order valence-corrected chi connectivity index (χ2v) is 7.37. The number of aromatic nitrogens is 5. The quantitative estimate of drug-likeness (QED) is 0.702. The largest absolute Gasteiger partial charge is 0.347 e. The van der Waals surface area contributed by atoms with E-state index in [1.165, 1.54) is 0 Å². The first-order valence-electron chi connectivity index (χ1n) is 8.99. The SMILES string of the molecule is CC(C)c1nc(N[C@H](c2nc3ccccc3[nH]2)C(C)C)nc(N(C)C)n1. The fourth-order valence-corrected chi connectivity index (χ4v) is 2.71. The van der Waals surface area contributed by atoms with Crippen molar-refractivity contribution in [3.05, 3.63) is 35.9 Å². The highest BCUT2D eigenvalue weighted by molar-refractivity contribution is 5.74. The molecule has 138 valence electrons. The molecule has 3 rings (SSSR count). The number of H-pyrrole nitrogens is 1. The van der Waals surface area contributed by atoms with Crippen LogP contribution in [0.1, 0.15) is 51.3 Å². The van der Waals surface area contributed by atoms with Crippen LogP contribution in [0.15, 0.2) is 24.3 Å². The van der Waals surface area contributed by atoms with Gasteiger partial charge in [0.2, 0.25) is 11.9 Å². The van der Waals surface area contributed by atoms with Crippen LogP contribution in [0.2, 0.25) is 0 Å². The zero-order valence-electron chi connectivity index (χ0n) is 16.3. The zero-order valence-corrected chi connectivity index (χ0v) is 16.3. The third kappa shape index (κ3) is 3.76. The summed E-state index contributed by atoms with van der Waals surface area (Å²) in [6.07, 6.45) is 0. The molecule has 0 aliphatic carbocycles. The lowest BCUT2D eigenvalue weighted by atomic mass is 10.0. The van der Waals surface area contributed by atoms with Gasteiger partial charge in [-0.05, 0) is 18.1 Å². The highest BCUT2D eigenvalue weighted by Gasteiger charge is 2.22. The summed E-state index contributed by atoms with van der Waals surface area (Å²) < 4.78 is 0. The van der Waals surface area contributed by atoms with Crippen LogP contribution in [0, 0.1) is 5.92 Å². The molecule has 0 aliphatic heterocycles. The summed E-state index contributed by atoms with van der Waals surface area (Å²) in [6.45, 7) is 8.47. The van der Waals surface area contributed by atoms with E-state index in [1.807, 2.05) is 43.3 Å². The Balaban J connectivity index is 1.97. The Morgan fingerprint density at radius 3 is 2.31 bits per heavy atom. The molecule has 1 atom stereocenters. The molecule has 0 bridgehead atoms. The van der Waals surface area contributed by atoms with Gasteiger partial charge in [0, 0.05) is 20.0 Å². The molecule has 0 spiro atoms. The number of rotatable bonds is 6. The molecule has 0 saturated heterocycles. The monoisotopic (exact) mass is 353 g/mol. The second kappa shape index (κ2) is 7.27. The number of para-hydroxylation sites is 2. The van der Waals surface area contributed by atoms with Crippen LogP contribution in [0.3, 0.4) is 0 Å². The van der Waals surface area contributed by atoms with Crippen molar-refractivity contribution in [2.45, 2.75) is 39.7 Å². The number of hydrogen-bond donors (Lipinski definition) is 2. The van der Waals surface area contributed by atoms with Crippen molar-refractivity contribution in [1.29, 1.82) is 0 Å². The molecule has 26 heavy (non-hydrogen) atoms. The first-order valence-corrected chi connectivity index (χ1v) is 8.99. The topological polar surface area (TPSA) is 82.6 Å². The molecule has 0 fully saturated rings. The van der Waals surface area contributed by atoms with Crippen molar-refractivity contribution in [3.8, 4) is 0 Å². The van der Waals surface area contributed by atoms with Gasteiger partial charge >= 0.3 is 0 Å². The molecule has 2 aromatic heterocycles. The highest BCUT2D eigenvalue weighted by Crippen LogP contribution is 2.26. The smallest absolute Gasteiger partial charge is 0.229 e. The van der Waals surface area contributed by atoms with E-state index in [4.69, 9.17) is 4.98 Å². The van der Waals surface area contributed by atoms with Crippen LogP contribution in [0.25, 0.3) is 11.0 Å². The number of nitrogens with zero attached hydrogens (tertiary/aromatic N) is 5. The lowest BCUT2D eigenvalue weighted by molar-refractivity contribution is 0.522. The Morgan fingerprint density at radius 1 is 0.962 bits per heavy atom. The molecule has 0 saturated carbocycles. The lowest BCUT2D eigenvalue weighted by Crippen LogP contribution is -2.22. The van der Waals surface area contributed by atoms with Crippen molar-refractivity contribution in [3.63, 3.8) is 0 Å². The molecule has 0 unspecified atom stereocenters. The van der Waals surface area contributed by atoms with Gasteiger partial charge in [0.1, 0.15) is 11.6 Å². The van der Waals surface area contributed by atoms with Gasteiger partial charge in [-0.25, -0.2) is 4.98 Å². The molecule has 0 amide bonds. The number of anilines is 2. The van der Waals surface area contributed by atoms with Crippen LogP contribution in [-0.2, 0) is 0 Å². The molecule has 7 nitrogen and oxygen atoms in total. The van der Waals surface area contributed by atoms with Crippen molar-refractivity contribution < 1.29 is 0 Å². The fourth-order valence-electron chi connectivity index (χ4n) is 2.71. The van der Waals surface area contributed by atoms with Crippen molar-refractivity contribution in [2.24, 2.45) is 5.92 Å². The Labute approximate surface area is 154 Å². The van der Waals surface area contributed by atoms with Gasteiger partial charge in [-0.15, -0.1) is 0 Å². The lowest BCUT2D eigenvalue weighted by Gasteiger charge is -2.22. The zero-order chi connectivity index (χ0) is 18.8. The van der Waals surface area contributed by atoms with Gasteiger partial charge in [-0.3, -0.25) is 0 Å². The first kappa shape index (κ1) is 18.1. The van der Waals surface area contributed by atoms with E-state index < -0.39 is 0 Å². The van der Waals surface area contributed by atoms with Gasteiger partial charge in [0.25, 0.3) is 0 Å². The van der Waals surface area contributed by atoms with E-state index in [0.717, 1.165) is 22.7 Å². The minimum Gasteiger partial charge on any atom is -0.347 e. The van der Waals surface area contributed by atoms with Gasteiger partial charge in [-0.2, -0.15) is 15.0 Å².